The zero-order valence-electron chi connectivity index (χ0n) is 6.53. The van der Waals surface area contributed by atoms with Gasteiger partial charge in [0.25, 0.3) is 0 Å². The minimum absolute atomic E-state index is 0. The first-order valence-corrected chi connectivity index (χ1v) is 3.25. The van der Waals surface area contributed by atoms with Gasteiger partial charge in [-0.15, -0.1) is 17.0 Å². The van der Waals surface area contributed by atoms with Gasteiger partial charge in [-0.05, 0) is 18.7 Å². The SMILES string of the molecule is Br.CCN.Oc1ccccc1. The average Bonchev–Trinajstić information content (AvgIpc) is 1.91. The van der Waals surface area contributed by atoms with Crippen molar-refractivity contribution in [2.24, 2.45) is 5.73 Å². The predicted molar refractivity (Wildman–Crippen MR) is 53.2 cm³/mol. The fraction of sp³-hybridized carbons (Fsp3) is 0.250. The van der Waals surface area contributed by atoms with E-state index in [1.807, 2.05) is 13.0 Å². The second-order valence-electron chi connectivity index (χ2n) is 1.74. The molecule has 0 aliphatic rings. The van der Waals surface area contributed by atoms with Gasteiger partial charge in [0.05, 0.1) is 0 Å². The Morgan fingerprint density at radius 1 is 1.27 bits per heavy atom. The lowest BCUT2D eigenvalue weighted by molar-refractivity contribution is 0.475. The van der Waals surface area contributed by atoms with E-state index < -0.39 is 0 Å². The molecule has 0 saturated heterocycles. The smallest absolute Gasteiger partial charge is 0.115 e. The van der Waals surface area contributed by atoms with E-state index in [-0.39, 0.29) is 17.0 Å². The first-order chi connectivity index (χ1) is 4.81. The highest BCUT2D eigenvalue weighted by Gasteiger charge is 1.74. The maximum Gasteiger partial charge on any atom is 0.115 e. The van der Waals surface area contributed by atoms with Gasteiger partial charge in [0.1, 0.15) is 5.75 Å². The number of phenolic OH excluding ortho intramolecular Hbond substituents is 1. The molecule has 1 aromatic carbocycles. The van der Waals surface area contributed by atoms with Gasteiger partial charge >= 0.3 is 0 Å². The van der Waals surface area contributed by atoms with Crippen molar-refractivity contribution in [3.8, 4) is 5.75 Å². The number of nitrogens with two attached hydrogens (primary N) is 1. The molecule has 2 nitrogen and oxygen atoms in total. The molecule has 0 aliphatic carbocycles. The summed E-state index contributed by atoms with van der Waals surface area (Å²) >= 11 is 0. The van der Waals surface area contributed by atoms with Crippen LogP contribution in [0.5, 0.6) is 5.75 Å². The van der Waals surface area contributed by atoms with Crippen LogP contribution < -0.4 is 5.73 Å². The Hall–Kier alpha value is -0.540. The molecule has 1 aromatic rings. The van der Waals surface area contributed by atoms with Crippen molar-refractivity contribution in [1.82, 2.24) is 0 Å². The van der Waals surface area contributed by atoms with E-state index >= 15 is 0 Å². The monoisotopic (exact) mass is 219 g/mol. The van der Waals surface area contributed by atoms with Gasteiger partial charge in [0.15, 0.2) is 0 Å². The maximum atomic E-state index is 8.63. The third-order valence-corrected chi connectivity index (χ3v) is 0.756. The molecule has 3 heteroatoms. The van der Waals surface area contributed by atoms with Crippen LogP contribution >= 0.6 is 17.0 Å². The van der Waals surface area contributed by atoms with Crippen LogP contribution in [-0.2, 0) is 0 Å². The quantitative estimate of drug-likeness (QED) is 0.701. The highest BCUT2D eigenvalue weighted by atomic mass is 79.9. The summed E-state index contributed by atoms with van der Waals surface area (Å²) in [5, 5.41) is 8.63. The average molecular weight is 220 g/mol. The highest BCUT2D eigenvalue weighted by molar-refractivity contribution is 8.93. The summed E-state index contributed by atoms with van der Waals surface area (Å²) in [6.07, 6.45) is 0. The van der Waals surface area contributed by atoms with E-state index in [0.717, 1.165) is 6.54 Å². The number of hydrogen-bond acceptors (Lipinski definition) is 2. The predicted octanol–water partition coefficient (Wildman–Crippen LogP) is 1.94. The summed E-state index contributed by atoms with van der Waals surface area (Å²) in [7, 11) is 0. The van der Waals surface area contributed by atoms with Crippen LogP contribution in [0.1, 0.15) is 6.92 Å². The second kappa shape index (κ2) is 9.46. The fourth-order valence-corrected chi connectivity index (χ4v) is 0.428. The molecule has 0 spiro atoms. The van der Waals surface area contributed by atoms with E-state index in [0.29, 0.717) is 5.75 Å². The summed E-state index contributed by atoms with van der Waals surface area (Å²) in [6, 6.07) is 8.71. The Bertz CT molecular complexity index is 155. The van der Waals surface area contributed by atoms with Crippen LogP contribution in [0, 0.1) is 0 Å². The summed E-state index contributed by atoms with van der Waals surface area (Å²) < 4.78 is 0. The molecule has 0 aromatic heterocycles. The molecule has 0 unspecified atom stereocenters. The zero-order valence-corrected chi connectivity index (χ0v) is 8.24. The van der Waals surface area contributed by atoms with Crippen molar-refractivity contribution >= 4 is 17.0 Å². The molecule has 3 N–H and O–H groups in total. The lowest BCUT2D eigenvalue weighted by Crippen LogP contribution is -1.87. The molecule has 0 fully saturated rings. The van der Waals surface area contributed by atoms with Crippen molar-refractivity contribution in [3.05, 3.63) is 30.3 Å². The lowest BCUT2D eigenvalue weighted by Gasteiger charge is -1.82. The van der Waals surface area contributed by atoms with Gasteiger partial charge in [-0.3, -0.25) is 0 Å². The Balaban J connectivity index is 0. The minimum Gasteiger partial charge on any atom is -0.508 e. The van der Waals surface area contributed by atoms with Crippen LogP contribution in [0.4, 0.5) is 0 Å². The van der Waals surface area contributed by atoms with E-state index in [1.165, 1.54) is 0 Å². The van der Waals surface area contributed by atoms with Crippen molar-refractivity contribution in [3.63, 3.8) is 0 Å². The summed E-state index contributed by atoms with van der Waals surface area (Å²) in [5.74, 6) is 0.322. The van der Waals surface area contributed by atoms with Gasteiger partial charge in [-0.25, -0.2) is 0 Å². The molecule has 1 rings (SSSR count). The van der Waals surface area contributed by atoms with E-state index in [9.17, 15) is 0 Å². The third kappa shape index (κ3) is 9.46. The second-order valence-corrected chi connectivity index (χ2v) is 1.74. The number of phenols is 1. The Kier molecular flexibility index (Phi) is 11.2. The summed E-state index contributed by atoms with van der Waals surface area (Å²) in [5.41, 5.74) is 4.85. The van der Waals surface area contributed by atoms with E-state index in [2.05, 4.69) is 0 Å². The highest BCUT2D eigenvalue weighted by Crippen LogP contribution is 2.02. The normalized spacial score (nSPS) is 7.09. The van der Waals surface area contributed by atoms with Gasteiger partial charge < -0.3 is 10.8 Å². The van der Waals surface area contributed by atoms with Crippen LogP contribution in [0.3, 0.4) is 0 Å². The minimum atomic E-state index is 0. The van der Waals surface area contributed by atoms with Crippen LogP contribution in [0.25, 0.3) is 0 Å². The molecule has 0 radical (unpaired) electrons. The Morgan fingerprint density at radius 3 is 1.82 bits per heavy atom. The molecular formula is C8H14BrNO. The van der Waals surface area contributed by atoms with Crippen molar-refractivity contribution < 1.29 is 5.11 Å². The molecule has 64 valence electrons. The molecule has 0 amide bonds. The number of halogens is 1. The molecule has 0 aliphatic heterocycles. The number of aromatic hydroxyl groups is 1. The van der Waals surface area contributed by atoms with Gasteiger partial charge in [0, 0.05) is 0 Å². The largest absolute Gasteiger partial charge is 0.508 e. The summed E-state index contributed by atoms with van der Waals surface area (Å²) in [6.45, 7) is 2.65. The number of rotatable bonds is 0. The van der Waals surface area contributed by atoms with Gasteiger partial charge in [0.2, 0.25) is 0 Å². The molecule has 0 heterocycles. The number of para-hydroxylation sites is 1. The van der Waals surface area contributed by atoms with Crippen molar-refractivity contribution in [2.45, 2.75) is 6.92 Å². The van der Waals surface area contributed by atoms with Crippen LogP contribution in [0.15, 0.2) is 30.3 Å². The summed E-state index contributed by atoms with van der Waals surface area (Å²) in [4.78, 5) is 0. The molecule has 0 atom stereocenters. The first-order valence-electron chi connectivity index (χ1n) is 3.25. The standard InChI is InChI=1S/C6H6O.C2H7N.BrH/c7-6-4-2-1-3-5-6;1-2-3;/h1-5,7H;2-3H2,1H3;1H. The topological polar surface area (TPSA) is 46.2 Å². The van der Waals surface area contributed by atoms with Gasteiger partial charge in [-0.1, -0.05) is 25.1 Å². The molecule has 0 bridgehead atoms. The third-order valence-electron chi connectivity index (χ3n) is 0.756. The maximum absolute atomic E-state index is 8.63. The molecule has 11 heavy (non-hydrogen) atoms. The Morgan fingerprint density at radius 2 is 1.64 bits per heavy atom. The van der Waals surface area contributed by atoms with E-state index in [4.69, 9.17) is 10.8 Å². The molecular weight excluding hydrogens is 206 g/mol. The lowest BCUT2D eigenvalue weighted by atomic mass is 10.3. The zero-order chi connectivity index (χ0) is 7.82. The number of hydrogen-bond donors (Lipinski definition) is 2. The molecule has 0 saturated carbocycles. The van der Waals surface area contributed by atoms with Gasteiger partial charge in [-0.2, -0.15) is 0 Å². The van der Waals surface area contributed by atoms with Crippen molar-refractivity contribution in [2.75, 3.05) is 6.54 Å². The van der Waals surface area contributed by atoms with Crippen LogP contribution in [-0.4, -0.2) is 11.7 Å². The fourth-order valence-electron chi connectivity index (χ4n) is 0.428. The number of benzene rings is 1. The van der Waals surface area contributed by atoms with Crippen LogP contribution in [0.2, 0.25) is 0 Å². The van der Waals surface area contributed by atoms with E-state index in [1.54, 1.807) is 24.3 Å². The first kappa shape index (κ1) is 13.1. The van der Waals surface area contributed by atoms with Crippen molar-refractivity contribution in [1.29, 1.82) is 0 Å². The Labute approximate surface area is 77.8 Å².